The van der Waals surface area contributed by atoms with Crippen LogP contribution in [0.3, 0.4) is 0 Å². The van der Waals surface area contributed by atoms with Crippen molar-refractivity contribution in [1.82, 2.24) is 9.88 Å². The molecule has 0 saturated carbocycles. The van der Waals surface area contributed by atoms with Crippen molar-refractivity contribution in [1.29, 1.82) is 0 Å². The van der Waals surface area contributed by atoms with Crippen molar-refractivity contribution in [3.8, 4) is 0 Å². The Morgan fingerprint density at radius 3 is 2.68 bits per heavy atom. The van der Waals surface area contributed by atoms with Crippen LogP contribution < -0.4 is 0 Å². The number of benzene rings is 2. The summed E-state index contributed by atoms with van der Waals surface area (Å²) in [6.07, 6.45) is 2.78. The molecule has 2 N–H and O–H groups in total. The maximum absolute atomic E-state index is 12.8. The minimum atomic E-state index is -0.119. The number of aromatic amines is 1. The highest BCUT2D eigenvalue weighted by Gasteiger charge is 2.22. The first kappa shape index (κ1) is 17.2. The smallest absolute Gasteiger partial charge is 0.227 e. The van der Waals surface area contributed by atoms with Crippen LogP contribution in [0, 0.1) is 6.92 Å². The minimum absolute atomic E-state index is 0.0452. The minimum Gasteiger partial charge on any atom is -0.396 e. The number of hydrogen-bond donors (Lipinski definition) is 2. The number of amides is 1. The van der Waals surface area contributed by atoms with E-state index in [0.717, 1.165) is 22.0 Å². The van der Waals surface area contributed by atoms with E-state index in [-0.39, 0.29) is 18.6 Å². The van der Waals surface area contributed by atoms with E-state index in [0.29, 0.717) is 12.8 Å². The molecule has 4 heteroatoms. The zero-order valence-electron chi connectivity index (χ0n) is 14.7. The van der Waals surface area contributed by atoms with Gasteiger partial charge >= 0.3 is 0 Å². The molecule has 25 heavy (non-hydrogen) atoms. The Bertz CT molecular complexity index is 855. The second-order valence-corrected chi connectivity index (χ2v) is 6.48. The lowest BCUT2D eigenvalue weighted by Gasteiger charge is -2.28. The molecule has 0 aliphatic carbocycles. The number of rotatable bonds is 6. The largest absolute Gasteiger partial charge is 0.396 e. The van der Waals surface area contributed by atoms with Crippen molar-refractivity contribution in [3.63, 3.8) is 0 Å². The van der Waals surface area contributed by atoms with Crippen LogP contribution in [0.25, 0.3) is 10.9 Å². The zero-order chi connectivity index (χ0) is 17.8. The molecule has 4 nitrogen and oxygen atoms in total. The van der Waals surface area contributed by atoms with E-state index in [4.69, 9.17) is 0 Å². The van der Waals surface area contributed by atoms with Crippen molar-refractivity contribution >= 4 is 16.8 Å². The average molecular weight is 336 g/mol. The van der Waals surface area contributed by atoms with Crippen LogP contribution in [0.1, 0.15) is 29.2 Å². The Hall–Kier alpha value is -2.59. The summed E-state index contributed by atoms with van der Waals surface area (Å²) in [5, 5.41) is 10.5. The van der Waals surface area contributed by atoms with E-state index in [2.05, 4.69) is 30.1 Å². The number of aromatic nitrogens is 1. The fourth-order valence-corrected chi connectivity index (χ4v) is 3.29. The zero-order valence-corrected chi connectivity index (χ0v) is 14.7. The second-order valence-electron chi connectivity index (χ2n) is 6.48. The molecule has 0 fully saturated rings. The van der Waals surface area contributed by atoms with Crippen LogP contribution in [0.5, 0.6) is 0 Å². The standard InChI is InChI=1S/C21H24N2O2/c1-15-8-9-18-17(14-22-19(18)12-15)13-21(25)23(2)20(10-11-24)16-6-4-3-5-7-16/h3-9,12,14,20,22,24H,10-11,13H2,1-2H3. The van der Waals surface area contributed by atoms with Gasteiger partial charge in [-0.1, -0.05) is 42.5 Å². The van der Waals surface area contributed by atoms with Gasteiger partial charge in [-0.3, -0.25) is 4.79 Å². The number of carbonyl (C=O) groups is 1. The number of aryl methyl sites for hydroxylation is 1. The third-order valence-electron chi connectivity index (χ3n) is 4.71. The van der Waals surface area contributed by atoms with Gasteiger partial charge in [-0.25, -0.2) is 0 Å². The van der Waals surface area contributed by atoms with Gasteiger partial charge in [0.25, 0.3) is 0 Å². The van der Waals surface area contributed by atoms with Crippen molar-refractivity contribution in [2.24, 2.45) is 0 Å². The first-order valence-corrected chi connectivity index (χ1v) is 8.58. The molecule has 1 unspecified atom stereocenters. The molecule has 1 aromatic heterocycles. The lowest BCUT2D eigenvalue weighted by molar-refractivity contribution is -0.131. The Morgan fingerprint density at radius 2 is 1.96 bits per heavy atom. The number of carbonyl (C=O) groups excluding carboxylic acids is 1. The molecule has 0 radical (unpaired) electrons. The van der Waals surface area contributed by atoms with Crippen LogP contribution in [0.15, 0.2) is 54.7 Å². The Kier molecular flexibility index (Phi) is 5.19. The number of aliphatic hydroxyl groups excluding tert-OH is 1. The van der Waals surface area contributed by atoms with Gasteiger partial charge < -0.3 is 15.0 Å². The van der Waals surface area contributed by atoms with Gasteiger partial charge in [-0.2, -0.15) is 0 Å². The third-order valence-corrected chi connectivity index (χ3v) is 4.71. The summed E-state index contributed by atoms with van der Waals surface area (Å²) < 4.78 is 0. The summed E-state index contributed by atoms with van der Waals surface area (Å²) in [4.78, 5) is 17.8. The Balaban J connectivity index is 1.80. The van der Waals surface area contributed by atoms with Crippen molar-refractivity contribution < 1.29 is 9.90 Å². The number of hydrogen-bond acceptors (Lipinski definition) is 2. The number of H-pyrrole nitrogens is 1. The highest BCUT2D eigenvalue weighted by atomic mass is 16.3. The number of aliphatic hydroxyl groups is 1. The molecular formula is C21H24N2O2. The quantitative estimate of drug-likeness (QED) is 0.722. The van der Waals surface area contributed by atoms with E-state index in [9.17, 15) is 9.90 Å². The number of fused-ring (bicyclic) bond motifs is 1. The van der Waals surface area contributed by atoms with E-state index in [1.165, 1.54) is 5.56 Å². The molecule has 0 spiro atoms. The van der Waals surface area contributed by atoms with Gasteiger partial charge in [0.05, 0.1) is 12.5 Å². The summed E-state index contributed by atoms with van der Waals surface area (Å²) in [6, 6.07) is 16.0. The normalized spacial score (nSPS) is 12.3. The van der Waals surface area contributed by atoms with Crippen molar-refractivity contribution in [3.05, 3.63) is 71.4 Å². The molecule has 1 amide bonds. The summed E-state index contributed by atoms with van der Waals surface area (Å²) in [7, 11) is 1.81. The van der Waals surface area contributed by atoms with Gasteiger partial charge in [0.1, 0.15) is 0 Å². The van der Waals surface area contributed by atoms with Gasteiger partial charge in [0.15, 0.2) is 0 Å². The molecule has 0 bridgehead atoms. The van der Waals surface area contributed by atoms with Crippen LogP contribution in [0.2, 0.25) is 0 Å². The monoisotopic (exact) mass is 336 g/mol. The molecular weight excluding hydrogens is 312 g/mol. The summed E-state index contributed by atoms with van der Waals surface area (Å²) in [6.45, 7) is 2.10. The molecule has 1 atom stereocenters. The Morgan fingerprint density at radius 1 is 1.20 bits per heavy atom. The topological polar surface area (TPSA) is 56.3 Å². The summed E-state index contributed by atoms with van der Waals surface area (Å²) >= 11 is 0. The molecule has 3 rings (SSSR count). The maximum atomic E-state index is 12.8. The van der Waals surface area contributed by atoms with Gasteiger partial charge in [-0.15, -0.1) is 0 Å². The van der Waals surface area contributed by atoms with Gasteiger partial charge in [0, 0.05) is 30.8 Å². The van der Waals surface area contributed by atoms with E-state index in [1.807, 2.05) is 43.6 Å². The second kappa shape index (κ2) is 7.53. The summed E-state index contributed by atoms with van der Waals surface area (Å²) in [5.74, 6) is 0.0452. The lowest BCUT2D eigenvalue weighted by atomic mass is 10.0. The molecule has 2 aromatic carbocycles. The van der Waals surface area contributed by atoms with Crippen LogP contribution in [-0.2, 0) is 11.2 Å². The highest BCUT2D eigenvalue weighted by molar-refractivity contribution is 5.89. The van der Waals surface area contributed by atoms with E-state index >= 15 is 0 Å². The molecule has 130 valence electrons. The predicted molar refractivity (Wildman–Crippen MR) is 100 cm³/mol. The predicted octanol–water partition coefficient (Wildman–Crippen LogP) is 3.60. The lowest BCUT2D eigenvalue weighted by Crippen LogP contribution is -2.33. The number of nitrogens with one attached hydrogen (secondary N) is 1. The molecule has 0 saturated heterocycles. The third kappa shape index (κ3) is 3.74. The Labute approximate surface area is 148 Å². The fraction of sp³-hybridized carbons (Fsp3) is 0.286. The molecule has 0 aliphatic rings. The van der Waals surface area contributed by atoms with Crippen LogP contribution >= 0.6 is 0 Å². The highest BCUT2D eigenvalue weighted by Crippen LogP contribution is 2.25. The van der Waals surface area contributed by atoms with Crippen LogP contribution in [-0.4, -0.2) is 34.6 Å². The number of likely N-dealkylation sites (N-methyl/N-ethyl adjacent to an activating group) is 1. The van der Waals surface area contributed by atoms with E-state index < -0.39 is 0 Å². The van der Waals surface area contributed by atoms with E-state index in [1.54, 1.807) is 4.90 Å². The average Bonchev–Trinajstić information content (AvgIpc) is 3.01. The maximum Gasteiger partial charge on any atom is 0.227 e. The first-order chi connectivity index (χ1) is 12.1. The van der Waals surface area contributed by atoms with Crippen LogP contribution in [0.4, 0.5) is 0 Å². The van der Waals surface area contributed by atoms with Crippen molar-refractivity contribution in [2.75, 3.05) is 13.7 Å². The van der Waals surface area contributed by atoms with Crippen molar-refractivity contribution in [2.45, 2.75) is 25.8 Å². The molecule has 0 aliphatic heterocycles. The SMILES string of the molecule is Cc1ccc2c(CC(=O)N(C)C(CCO)c3ccccc3)c[nH]c2c1. The molecule has 1 heterocycles. The van der Waals surface area contributed by atoms with Gasteiger partial charge in [-0.05, 0) is 36.1 Å². The first-order valence-electron chi connectivity index (χ1n) is 8.58. The number of nitrogens with zero attached hydrogens (tertiary/aromatic N) is 1. The van der Waals surface area contributed by atoms with Gasteiger partial charge in [0.2, 0.25) is 5.91 Å². The summed E-state index contributed by atoms with van der Waals surface area (Å²) in [5.41, 5.74) is 4.29. The fourth-order valence-electron chi connectivity index (χ4n) is 3.29. The molecule has 3 aromatic rings.